The van der Waals surface area contributed by atoms with Crippen molar-refractivity contribution in [2.75, 3.05) is 6.61 Å². The predicted octanol–water partition coefficient (Wildman–Crippen LogP) is 5.22. The van der Waals surface area contributed by atoms with Gasteiger partial charge in [-0.15, -0.1) is 0 Å². The summed E-state index contributed by atoms with van der Waals surface area (Å²) in [6, 6.07) is 6.14. The molecule has 5 nitrogen and oxygen atoms in total. The highest BCUT2D eigenvalue weighted by Gasteiger charge is 2.21. The van der Waals surface area contributed by atoms with Crippen molar-refractivity contribution in [3.63, 3.8) is 0 Å². The average molecular weight is 406 g/mol. The van der Waals surface area contributed by atoms with Crippen LogP contribution in [-0.4, -0.2) is 27.2 Å². The van der Waals surface area contributed by atoms with Crippen LogP contribution in [0.15, 0.2) is 28.9 Å². The summed E-state index contributed by atoms with van der Waals surface area (Å²) in [4.78, 5) is 9.35. The molecule has 0 aliphatic carbocycles. The van der Waals surface area contributed by atoms with Gasteiger partial charge in [0.2, 0.25) is 0 Å². The standard InChI is InChI=1S/C19H24BrN3O2/c1-5-18(25-12(3)4)23-17(11-24-6-2)22-16-10-21-15-9-13(20)7-8-14(15)19(16)23/h7-10,12,18H,5-6,11H2,1-4H3. The molecule has 0 bridgehead atoms. The highest BCUT2D eigenvalue weighted by atomic mass is 79.9. The highest BCUT2D eigenvalue weighted by molar-refractivity contribution is 9.10. The number of benzene rings is 1. The minimum atomic E-state index is -0.0882. The number of imidazole rings is 1. The van der Waals surface area contributed by atoms with Crippen LogP contribution in [0.25, 0.3) is 21.9 Å². The summed E-state index contributed by atoms with van der Waals surface area (Å²) in [5, 5.41) is 1.07. The second kappa shape index (κ2) is 7.81. The van der Waals surface area contributed by atoms with E-state index in [-0.39, 0.29) is 12.3 Å². The number of pyridine rings is 1. The molecule has 0 N–H and O–H groups in total. The van der Waals surface area contributed by atoms with Crippen LogP contribution >= 0.6 is 15.9 Å². The molecule has 2 heterocycles. The Morgan fingerprint density at radius 1 is 1.20 bits per heavy atom. The Balaban J connectivity index is 2.27. The van der Waals surface area contributed by atoms with E-state index in [1.54, 1.807) is 0 Å². The van der Waals surface area contributed by atoms with E-state index < -0.39 is 0 Å². The van der Waals surface area contributed by atoms with Crippen molar-refractivity contribution < 1.29 is 9.47 Å². The fourth-order valence-corrected chi connectivity index (χ4v) is 3.41. The summed E-state index contributed by atoms with van der Waals surface area (Å²) in [6.07, 6.45) is 2.72. The maximum absolute atomic E-state index is 6.18. The van der Waals surface area contributed by atoms with E-state index in [9.17, 15) is 0 Å². The molecular weight excluding hydrogens is 382 g/mol. The van der Waals surface area contributed by atoms with Crippen molar-refractivity contribution in [2.45, 2.75) is 53.1 Å². The van der Waals surface area contributed by atoms with Gasteiger partial charge in [-0.25, -0.2) is 4.98 Å². The van der Waals surface area contributed by atoms with Crippen LogP contribution in [0.3, 0.4) is 0 Å². The van der Waals surface area contributed by atoms with Gasteiger partial charge in [0.15, 0.2) is 0 Å². The van der Waals surface area contributed by atoms with E-state index >= 15 is 0 Å². The lowest BCUT2D eigenvalue weighted by Crippen LogP contribution is -2.19. The Hall–Kier alpha value is -1.50. The van der Waals surface area contributed by atoms with Gasteiger partial charge < -0.3 is 9.47 Å². The third-order valence-corrected chi connectivity index (χ3v) is 4.55. The molecule has 0 saturated heterocycles. The Labute approximate surface area is 156 Å². The van der Waals surface area contributed by atoms with E-state index in [1.165, 1.54) is 0 Å². The Bertz CT molecular complexity index is 876. The van der Waals surface area contributed by atoms with Crippen molar-refractivity contribution in [1.29, 1.82) is 0 Å². The Morgan fingerprint density at radius 3 is 2.68 bits per heavy atom. The van der Waals surface area contributed by atoms with Crippen LogP contribution in [-0.2, 0) is 16.1 Å². The summed E-state index contributed by atoms with van der Waals surface area (Å²) in [5.74, 6) is 0.876. The van der Waals surface area contributed by atoms with Gasteiger partial charge in [-0.1, -0.05) is 22.9 Å². The van der Waals surface area contributed by atoms with E-state index in [4.69, 9.17) is 14.5 Å². The first-order valence-electron chi connectivity index (χ1n) is 8.73. The molecule has 0 saturated carbocycles. The molecule has 0 aliphatic rings. The molecule has 0 aliphatic heterocycles. The maximum atomic E-state index is 6.18. The van der Waals surface area contributed by atoms with Gasteiger partial charge in [-0.3, -0.25) is 9.55 Å². The summed E-state index contributed by atoms with van der Waals surface area (Å²) < 4.78 is 15.0. The van der Waals surface area contributed by atoms with Crippen molar-refractivity contribution >= 4 is 37.9 Å². The fourth-order valence-electron chi connectivity index (χ4n) is 3.06. The van der Waals surface area contributed by atoms with Crippen molar-refractivity contribution in [3.05, 3.63) is 34.7 Å². The number of nitrogens with zero attached hydrogens (tertiary/aromatic N) is 3. The van der Waals surface area contributed by atoms with Gasteiger partial charge in [0.25, 0.3) is 0 Å². The molecule has 0 fully saturated rings. The fraction of sp³-hybridized carbons (Fsp3) is 0.474. The smallest absolute Gasteiger partial charge is 0.138 e. The third-order valence-electron chi connectivity index (χ3n) is 4.05. The number of hydrogen-bond acceptors (Lipinski definition) is 4. The van der Waals surface area contributed by atoms with E-state index in [0.717, 1.165) is 38.7 Å². The molecule has 0 radical (unpaired) electrons. The zero-order chi connectivity index (χ0) is 18.0. The lowest BCUT2D eigenvalue weighted by Gasteiger charge is -2.23. The number of rotatable bonds is 7. The number of halogens is 1. The molecule has 1 atom stereocenters. The lowest BCUT2D eigenvalue weighted by atomic mass is 10.2. The van der Waals surface area contributed by atoms with Gasteiger partial charge >= 0.3 is 0 Å². The van der Waals surface area contributed by atoms with Gasteiger partial charge in [-0.05, 0) is 45.4 Å². The molecule has 134 valence electrons. The molecule has 3 rings (SSSR count). The first kappa shape index (κ1) is 18.3. The number of ether oxygens (including phenoxy) is 2. The minimum absolute atomic E-state index is 0.0882. The van der Waals surface area contributed by atoms with Crippen LogP contribution < -0.4 is 0 Å². The van der Waals surface area contributed by atoms with E-state index in [1.807, 2.05) is 25.3 Å². The van der Waals surface area contributed by atoms with Crippen molar-refractivity contribution in [3.8, 4) is 0 Å². The molecular formula is C19H24BrN3O2. The molecule has 2 aromatic heterocycles. The molecule has 3 aromatic rings. The zero-order valence-electron chi connectivity index (χ0n) is 15.1. The normalized spacial score (nSPS) is 13.2. The van der Waals surface area contributed by atoms with Crippen molar-refractivity contribution in [1.82, 2.24) is 14.5 Å². The van der Waals surface area contributed by atoms with Gasteiger partial charge in [-0.2, -0.15) is 0 Å². The topological polar surface area (TPSA) is 49.2 Å². The molecule has 6 heteroatoms. The first-order valence-corrected chi connectivity index (χ1v) is 9.52. The second-order valence-electron chi connectivity index (χ2n) is 6.24. The molecule has 25 heavy (non-hydrogen) atoms. The molecule has 1 unspecified atom stereocenters. The Kier molecular flexibility index (Phi) is 5.71. The van der Waals surface area contributed by atoms with Gasteiger partial charge in [0.05, 0.1) is 23.3 Å². The van der Waals surface area contributed by atoms with Crippen LogP contribution in [0.5, 0.6) is 0 Å². The minimum Gasteiger partial charge on any atom is -0.374 e. The van der Waals surface area contributed by atoms with Crippen LogP contribution in [0.1, 0.15) is 46.2 Å². The summed E-state index contributed by atoms with van der Waals surface area (Å²) in [5.41, 5.74) is 2.86. The van der Waals surface area contributed by atoms with Crippen molar-refractivity contribution in [2.24, 2.45) is 0 Å². The van der Waals surface area contributed by atoms with Crippen LogP contribution in [0, 0.1) is 0 Å². The van der Waals surface area contributed by atoms with Crippen LogP contribution in [0.4, 0.5) is 0 Å². The monoisotopic (exact) mass is 405 g/mol. The first-order chi connectivity index (χ1) is 12.0. The second-order valence-corrected chi connectivity index (χ2v) is 7.15. The SMILES string of the molecule is CCOCc1nc2cnc3cc(Br)ccc3c2n1C(CC)OC(C)C. The number of aromatic nitrogens is 3. The van der Waals surface area contributed by atoms with Gasteiger partial charge in [0.1, 0.15) is 24.2 Å². The quantitative estimate of drug-likeness (QED) is 0.540. The highest BCUT2D eigenvalue weighted by Crippen LogP contribution is 2.31. The summed E-state index contributed by atoms with van der Waals surface area (Å²) >= 11 is 3.52. The van der Waals surface area contributed by atoms with Crippen LogP contribution in [0.2, 0.25) is 0 Å². The largest absolute Gasteiger partial charge is 0.374 e. The molecule has 0 spiro atoms. The predicted molar refractivity (Wildman–Crippen MR) is 104 cm³/mol. The average Bonchev–Trinajstić information content (AvgIpc) is 2.96. The number of fused-ring (bicyclic) bond motifs is 3. The van der Waals surface area contributed by atoms with Gasteiger partial charge in [0, 0.05) is 16.5 Å². The number of hydrogen-bond donors (Lipinski definition) is 0. The third kappa shape index (κ3) is 3.71. The summed E-state index contributed by atoms with van der Waals surface area (Å²) in [6.45, 7) is 9.34. The zero-order valence-corrected chi connectivity index (χ0v) is 16.7. The molecule has 1 aromatic carbocycles. The van der Waals surface area contributed by atoms with E-state index in [2.05, 4.69) is 52.3 Å². The Morgan fingerprint density at radius 2 is 2.00 bits per heavy atom. The molecule has 0 amide bonds. The maximum Gasteiger partial charge on any atom is 0.138 e. The lowest BCUT2D eigenvalue weighted by molar-refractivity contribution is -0.0406. The summed E-state index contributed by atoms with van der Waals surface area (Å²) in [7, 11) is 0. The van der Waals surface area contributed by atoms with E-state index in [0.29, 0.717) is 13.2 Å².